The van der Waals surface area contributed by atoms with Gasteiger partial charge in [-0.2, -0.15) is 0 Å². The molecule has 0 spiro atoms. The molecule has 2 N–H and O–H groups in total. The van der Waals surface area contributed by atoms with E-state index in [0.717, 1.165) is 5.56 Å². The topological polar surface area (TPSA) is 119 Å². The first-order valence-corrected chi connectivity index (χ1v) is 8.71. The number of aryl methyl sites for hydroxylation is 2. The fourth-order valence-corrected chi connectivity index (χ4v) is 2.61. The van der Waals surface area contributed by atoms with Crippen LogP contribution in [0.15, 0.2) is 46.9 Å². The Balaban J connectivity index is 1.67. The Morgan fingerprint density at radius 1 is 1.03 bits per heavy atom. The predicted molar refractivity (Wildman–Crippen MR) is 102 cm³/mol. The van der Waals surface area contributed by atoms with Crippen LogP contribution in [0.2, 0.25) is 0 Å². The third kappa shape index (κ3) is 4.92. The number of benzene rings is 2. The number of hydrogen-bond acceptors (Lipinski definition) is 6. The average Bonchev–Trinajstić information content (AvgIpc) is 3.06. The second-order valence-corrected chi connectivity index (χ2v) is 6.30. The minimum Gasteiger partial charge on any atom is -0.487 e. The molecule has 0 bridgehead atoms. The molecule has 2 aromatic carbocycles. The maximum atomic E-state index is 10.9. The molecule has 3 rings (SSSR count). The Kier molecular flexibility index (Phi) is 5.82. The summed E-state index contributed by atoms with van der Waals surface area (Å²) in [5.41, 5.74) is 2.22. The zero-order valence-corrected chi connectivity index (χ0v) is 15.8. The van der Waals surface area contributed by atoms with Crippen molar-refractivity contribution >= 4 is 11.9 Å². The van der Waals surface area contributed by atoms with Crippen LogP contribution < -0.4 is 9.47 Å². The van der Waals surface area contributed by atoms with Gasteiger partial charge < -0.3 is 24.1 Å². The Morgan fingerprint density at radius 3 is 2.38 bits per heavy atom. The van der Waals surface area contributed by atoms with Gasteiger partial charge in [0.25, 0.3) is 0 Å². The number of carboxylic acid groups (broad SMARTS) is 2. The number of nitrogens with zero attached hydrogens (tertiary/aromatic N) is 1. The molecule has 150 valence electrons. The van der Waals surface area contributed by atoms with Gasteiger partial charge in [0.2, 0.25) is 5.89 Å². The Bertz CT molecular complexity index is 1040. The van der Waals surface area contributed by atoms with E-state index in [0.29, 0.717) is 34.4 Å². The number of hydrogen-bond donors (Lipinski definition) is 2. The number of carbonyl (C=O) groups is 2. The normalized spacial score (nSPS) is 10.6. The number of aromatic nitrogens is 1. The monoisotopic (exact) mass is 397 g/mol. The summed E-state index contributed by atoms with van der Waals surface area (Å²) in [7, 11) is 0. The highest BCUT2D eigenvalue weighted by Crippen LogP contribution is 2.26. The lowest BCUT2D eigenvalue weighted by molar-refractivity contribution is -0.139. The van der Waals surface area contributed by atoms with Gasteiger partial charge in [0.15, 0.2) is 6.61 Å². The first kappa shape index (κ1) is 19.9. The highest BCUT2D eigenvalue weighted by molar-refractivity contribution is 5.88. The quantitative estimate of drug-likeness (QED) is 0.590. The summed E-state index contributed by atoms with van der Waals surface area (Å²) in [6.45, 7) is 3.34. The standard InChI is InChI=1S/C21H19NO7/c1-12-9-16(7-8-18(12)28-11-19(23)24)27-10-17-13(2)29-20(22-17)14-3-5-15(6-4-14)21(25)26/h3-9H,10-11H2,1-2H3,(H,23,24)(H,25,26). The van der Waals surface area contributed by atoms with E-state index in [1.54, 1.807) is 44.2 Å². The molecule has 8 nitrogen and oxygen atoms in total. The molecular formula is C21H19NO7. The second-order valence-electron chi connectivity index (χ2n) is 6.30. The van der Waals surface area contributed by atoms with E-state index in [4.69, 9.17) is 24.1 Å². The molecule has 0 saturated carbocycles. The fraction of sp³-hybridized carbons (Fsp3) is 0.190. The van der Waals surface area contributed by atoms with E-state index in [2.05, 4.69) is 4.98 Å². The van der Waals surface area contributed by atoms with Crippen molar-refractivity contribution < 1.29 is 33.7 Å². The second kappa shape index (κ2) is 8.47. The van der Waals surface area contributed by atoms with Gasteiger partial charge in [-0.3, -0.25) is 0 Å². The van der Waals surface area contributed by atoms with E-state index in [1.165, 1.54) is 12.1 Å². The van der Waals surface area contributed by atoms with E-state index >= 15 is 0 Å². The third-order valence-corrected chi connectivity index (χ3v) is 4.14. The number of ether oxygens (including phenoxy) is 2. The lowest BCUT2D eigenvalue weighted by Crippen LogP contribution is -2.10. The van der Waals surface area contributed by atoms with Crippen molar-refractivity contribution in [2.24, 2.45) is 0 Å². The van der Waals surface area contributed by atoms with E-state index in [9.17, 15) is 9.59 Å². The molecule has 0 amide bonds. The van der Waals surface area contributed by atoms with E-state index < -0.39 is 18.5 Å². The summed E-state index contributed by atoms with van der Waals surface area (Å²) < 4.78 is 16.6. The van der Waals surface area contributed by atoms with Crippen molar-refractivity contribution in [3.05, 3.63) is 65.0 Å². The highest BCUT2D eigenvalue weighted by Gasteiger charge is 2.13. The number of oxazole rings is 1. The molecule has 0 aliphatic rings. The highest BCUT2D eigenvalue weighted by atomic mass is 16.5. The first-order chi connectivity index (χ1) is 13.8. The van der Waals surface area contributed by atoms with Gasteiger partial charge in [0.05, 0.1) is 5.56 Å². The smallest absolute Gasteiger partial charge is 0.341 e. The van der Waals surface area contributed by atoms with Crippen molar-refractivity contribution in [1.29, 1.82) is 0 Å². The van der Waals surface area contributed by atoms with Gasteiger partial charge in [-0.15, -0.1) is 0 Å². The van der Waals surface area contributed by atoms with Crippen LogP contribution in [0.4, 0.5) is 0 Å². The average molecular weight is 397 g/mol. The summed E-state index contributed by atoms with van der Waals surface area (Å²) in [4.78, 5) is 26.0. The molecule has 1 aromatic heterocycles. The SMILES string of the molecule is Cc1cc(OCc2nc(-c3ccc(C(=O)O)cc3)oc2C)ccc1OCC(=O)O. The molecule has 1 heterocycles. The van der Waals surface area contributed by atoms with Crippen molar-refractivity contribution in [2.45, 2.75) is 20.5 Å². The van der Waals surface area contributed by atoms with Crippen LogP contribution >= 0.6 is 0 Å². The van der Waals surface area contributed by atoms with Crippen molar-refractivity contribution in [3.8, 4) is 23.0 Å². The van der Waals surface area contributed by atoms with Crippen LogP contribution in [-0.4, -0.2) is 33.7 Å². The molecule has 0 aliphatic carbocycles. The van der Waals surface area contributed by atoms with Gasteiger partial charge in [-0.25, -0.2) is 14.6 Å². The van der Waals surface area contributed by atoms with Gasteiger partial charge in [-0.1, -0.05) is 0 Å². The Morgan fingerprint density at radius 2 is 1.76 bits per heavy atom. The molecule has 0 unspecified atom stereocenters. The van der Waals surface area contributed by atoms with Crippen LogP contribution in [0.1, 0.15) is 27.4 Å². The molecule has 0 radical (unpaired) electrons. The summed E-state index contributed by atoms with van der Waals surface area (Å²) in [5.74, 6) is 0.0000125. The zero-order chi connectivity index (χ0) is 21.0. The fourth-order valence-electron chi connectivity index (χ4n) is 2.61. The summed E-state index contributed by atoms with van der Waals surface area (Å²) in [6, 6.07) is 11.3. The summed E-state index contributed by atoms with van der Waals surface area (Å²) in [6.07, 6.45) is 0. The number of rotatable bonds is 8. The molecular weight excluding hydrogens is 378 g/mol. The van der Waals surface area contributed by atoms with Gasteiger partial charge in [0.1, 0.15) is 29.6 Å². The van der Waals surface area contributed by atoms with Crippen LogP contribution in [0, 0.1) is 13.8 Å². The largest absolute Gasteiger partial charge is 0.487 e. The molecule has 8 heteroatoms. The molecule has 29 heavy (non-hydrogen) atoms. The molecule has 0 saturated heterocycles. The van der Waals surface area contributed by atoms with E-state index in [1.807, 2.05) is 0 Å². The van der Waals surface area contributed by atoms with Crippen LogP contribution in [0.25, 0.3) is 11.5 Å². The Labute approximate surface area is 166 Å². The van der Waals surface area contributed by atoms with E-state index in [-0.39, 0.29) is 12.2 Å². The predicted octanol–water partition coefficient (Wildman–Crippen LogP) is 3.70. The minimum atomic E-state index is -1.04. The van der Waals surface area contributed by atoms with Crippen molar-refractivity contribution in [2.75, 3.05) is 6.61 Å². The van der Waals surface area contributed by atoms with Crippen LogP contribution in [-0.2, 0) is 11.4 Å². The lowest BCUT2D eigenvalue weighted by Gasteiger charge is -2.10. The molecule has 0 aliphatic heterocycles. The van der Waals surface area contributed by atoms with Crippen LogP contribution in [0.3, 0.4) is 0 Å². The van der Waals surface area contributed by atoms with Crippen molar-refractivity contribution in [3.63, 3.8) is 0 Å². The summed E-state index contributed by atoms with van der Waals surface area (Å²) >= 11 is 0. The zero-order valence-electron chi connectivity index (χ0n) is 15.8. The van der Waals surface area contributed by atoms with Gasteiger partial charge in [0, 0.05) is 5.56 Å². The van der Waals surface area contributed by atoms with Gasteiger partial charge >= 0.3 is 11.9 Å². The first-order valence-electron chi connectivity index (χ1n) is 8.71. The number of aliphatic carboxylic acids is 1. The molecule has 3 aromatic rings. The van der Waals surface area contributed by atoms with Gasteiger partial charge in [-0.05, 0) is 61.9 Å². The number of carboxylic acids is 2. The molecule has 0 fully saturated rings. The van der Waals surface area contributed by atoms with Crippen LogP contribution in [0.5, 0.6) is 11.5 Å². The maximum absolute atomic E-state index is 10.9. The maximum Gasteiger partial charge on any atom is 0.341 e. The summed E-state index contributed by atoms with van der Waals surface area (Å²) in [5, 5.41) is 17.7. The molecule has 0 atom stereocenters. The lowest BCUT2D eigenvalue weighted by atomic mass is 10.1. The van der Waals surface area contributed by atoms with Crippen molar-refractivity contribution in [1.82, 2.24) is 4.98 Å². The Hall–Kier alpha value is -3.81. The number of aromatic carboxylic acids is 1. The minimum absolute atomic E-state index is 0.178. The third-order valence-electron chi connectivity index (χ3n) is 4.14.